The fraction of sp³-hybridized carbons (Fsp3) is 0.467. The average Bonchev–Trinajstić information content (AvgIpc) is 2.48. The van der Waals surface area contributed by atoms with Crippen molar-refractivity contribution in [1.29, 1.82) is 0 Å². The van der Waals surface area contributed by atoms with Gasteiger partial charge in [-0.1, -0.05) is 12.1 Å². The number of carboxylic acids is 1. The van der Waals surface area contributed by atoms with Crippen molar-refractivity contribution in [2.75, 3.05) is 24.3 Å². The molecule has 0 radical (unpaired) electrons. The van der Waals surface area contributed by atoms with Gasteiger partial charge in [0.2, 0.25) is 5.91 Å². The average molecular weight is 309 g/mol. The molecule has 1 aromatic carbocycles. The number of rotatable bonds is 6. The van der Waals surface area contributed by atoms with E-state index in [4.69, 9.17) is 9.84 Å². The first-order valence-corrected chi connectivity index (χ1v) is 8.07. The van der Waals surface area contributed by atoms with Crippen molar-refractivity contribution in [3.8, 4) is 0 Å². The van der Waals surface area contributed by atoms with Gasteiger partial charge in [0.15, 0.2) is 0 Å². The first-order valence-electron chi connectivity index (χ1n) is 6.92. The second-order valence-electron chi connectivity index (χ2n) is 4.96. The molecule has 5 nitrogen and oxygen atoms in total. The highest BCUT2D eigenvalue weighted by Crippen LogP contribution is 2.20. The van der Waals surface area contributed by atoms with E-state index >= 15 is 0 Å². The topological polar surface area (TPSA) is 75.6 Å². The number of carbonyl (C=O) groups excluding carboxylic acids is 1. The van der Waals surface area contributed by atoms with Crippen LogP contribution in [0.15, 0.2) is 24.3 Å². The van der Waals surface area contributed by atoms with Crippen molar-refractivity contribution in [3.63, 3.8) is 0 Å². The summed E-state index contributed by atoms with van der Waals surface area (Å²) in [7, 11) is 0. The monoisotopic (exact) mass is 309 g/mol. The number of carbonyl (C=O) groups is 2. The minimum atomic E-state index is -0.816. The van der Waals surface area contributed by atoms with Gasteiger partial charge in [-0.2, -0.15) is 0 Å². The first-order chi connectivity index (χ1) is 10.1. The summed E-state index contributed by atoms with van der Waals surface area (Å²) < 4.78 is 5.25. The minimum Gasteiger partial charge on any atom is -0.481 e. The number of anilines is 1. The summed E-state index contributed by atoms with van der Waals surface area (Å²) in [5, 5.41) is 11.6. The van der Waals surface area contributed by atoms with E-state index in [2.05, 4.69) is 5.32 Å². The Kier molecular flexibility index (Phi) is 6.07. The number of aliphatic carboxylic acids is 1. The van der Waals surface area contributed by atoms with E-state index in [1.165, 1.54) is 11.8 Å². The van der Waals surface area contributed by atoms with Crippen molar-refractivity contribution in [1.82, 2.24) is 0 Å². The normalized spacial score (nSPS) is 15.6. The van der Waals surface area contributed by atoms with Crippen LogP contribution in [0.1, 0.15) is 18.4 Å². The molecule has 0 atom stereocenters. The van der Waals surface area contributed by atoms with E-state index in [1.807, 2.05) is 24.3 Å². The number of thioether (sulfide) groups is 1. The van der Waals surface area contributed by atoms with Gasteiger partial charge in [0.25, 0.3) is 0 Å². The first kappa shape index (κ1) is 15.9. The van der Waals surface area contributed by atoms with Crippen LogP contribution in [0.25, 0.3) is 0 Å². The Bertz CT molecular complexity index is 500. The van der Waals surface area contributed by atoms with Crippen LogP contribution in [-0.4, -0.2) is 35.9 Å². The van der Waals surface area contributed by atoms with E-state index in [9.17, 15) is 9.59 Å². The molecular weight excluding hydrogens is 290 g/mol. The van der Waals surface area contributed by atoms with Gasteiger partial charge in [0.1, 0.15) is 0 Å². The lowest BCUT2D eigenvalue weighted by Crippen LogP contribution is -2.28. The Labute approximate surface area is 128 Å². The number of amides is 1. The highest BCUT2D eigenvalue weighted by Gasteiger charge is 2.21. The molecule has 2 N–H and O–H groups in total. The maximum absolute atomic E-state index is 12.1. The Balaban J connectivity index is 1.87. The zero-order chi connectivity index (χ0) is 15.1. The maximum Gasteiger partial charge on any atom is 0.313 e. The Morgan fingerprint density at radius 3 is 2.81 bits per heavy atom. The van der Waals surface area contributed by atoms with E-state index in [0.29, 0.717) is 19.0 Å². The molecule has 1 aromatic rings. The van der Waals surface area contributed by atoms with Crippen molar-refractivity contribution in [2.45, 2.75) is 18.6 Å². The molecule has 1 saturated heterocycles. The smallest absolute Gasteiger partial charge is 0.313 e. The largest absolute Gasteiger partial charge is 0.481 e. The SMILES string of the molecule is O=C(O)CSCc1cccc(NC(=O)C2CCOCC2)c1. The third kappa shape index (κ3) is 5.40. The molecule has 21 heavy (non-hydrogen) atoms. The van der Waals surface area contributed by atoms with E-state index < -0.39 is 5.97 Å². The molecule has 0 spiro atoms. The van der Waals surface area contributed by atoms with Crippen molar-refractivity contribution in [3.05, 3.63) is 29.8 Å². The van der Waals surface area contributed by atoms with E-state index in [0.717, 1.165) is 24.1 Å². The standard InChI is InChI=1S/C15H19NO4S/c17-14(18)10-21-9-11-2-1-3-13(8-11)16-15(19)12-4-6-20-7-5-12/h1-3,8,12H,4-7,9-10H2,(H,16,19)(H,17,18). The molecule has 0 aromatic heterocycles. The number of hydrogen-bond donors (Lipinski definition) is 2. The molecule has 6 heteroatoms. The Morgan fingerprint density at radius 1 is 1.33 bits per heavy atom. The summed E-state index contributed by atoms with van der Waals surface area (Å²) in [6.45, 7) is 1.29. The molecule has 1 heterocycles. The number of benzene rings is 1. The highest BCUT2D eigenvalue weighted by atomic mass is 32.2. The predicted molar refractivity (Wildman–Crippen MR) is 82.4 cm³/mol. The fourth-order valence-electron chi connectivity index (χ4n) is 2.20. The second-order valence-corrected chi connectivity index (χ2v) is 5.95. The molecule has 0 bridgehead atoms. The van der Waals surface area contributed by atoms with Gasteiger partial charge in [-0.25, -0.2) is 0 Å². The number of hydrogen-bond acceptors (Lipinski definition) is 4. The second kappa shape index (κ2) is 8.05. The summed E-state index contributed by atoms with van der Waals surface area (Å²) in [6, 6.07) is 7.55. The molecular formula is C15H19NO4S. The zero-order valence-corrected chi connectivity index (χ0v) is 12.5. The summed E-state index contributed by atoms with van der Waals surface area (Å²) >= 11 is 1.34. The van der Waals surface area contributed by atoms with Crippen molar-refractivity contribution >= 4 is 29.3 Å². The molecule has 0 saturated carbocycles. The van der Waals surface area contributed by atoms with Crippen LogP contribution in [-0.2, 0) is 20.1 Å². The zero-order valence-electron chi connectivity index (χ0n) is 11.7. The molecule has 1 amide bonds. The van der Waals surface area contributed by atoms with Crippen molar-refractivity contribution in [2.24, 2.45) is 5.92 Å². The molecule has 1 fully saturated rings. The third-order valence-electron chi connectivity index (χ3n) is 3.28. The lowest BCUT2D eigenvalue weighted by atomic mass is 9.99. The highest BCUT2D eigenvalue weighted by molar-refractivity contribution is 7.99. The number of nitrogens with one attached hydrogen (secondary N) is 1. The van der Waals surface area contributed by atoms with Crippen LogP contribution < -0.4 is 5.32 Å². The third-order valence-corrected chi connectivity index (χ3v) is 4.27. The van der Waals surface area contributed by atoms with E-state index in [1.54, 1.807) is 0 Å². The summed E-state index contributed by atoms with van der Waals surface area (Å²) in [6.07, 6.45) is 1.53. The number of ether oxygens (including phenoxy) is 1. The van der Waals surface area contributed by atoms with Crippen LogP contribution in [0.5, 0.6) is 0 Å². The predicted octanol–water partition coefficient (Wildman–Crippen LogP) is 2.37. The fourth-order valence-corrected chi connectivity index (χ4v) is 2.89. The summed E-state index contributed by atoms with van der Waals surface area (Å²) in [5.41, 5.74) is 1.77. The van der Waals surface area contributed by atoms with Gasteiger partial charge >= 0.3 is 5.97 Å². The van der Waals surface area contributed by atoms with Gasteiger partial charge in [-0.15, -0.1) is 11.8 Å². The summed E-state index contributed by atoms with van der Waals surface area (Å²) in [4.78, 5) is 22.6. The maximum atomic E-state index is 12.1. The molecule has 1 aliphatic heterocycles. The quantitative estimate of drug-likeness (QED) is 0.844. The van der Waals surface area contributed by atoms with Gasteiger partial charge in [0, 0.05) is 30.6 Å². The van der Waals surface area contributed by atoms with E-state index in [-0.39, 0.29) is 17.6 Å². The molecule has 114 valence electrons. The van der Waals surface area contributed by atoms with Crippen molar-refractivity contribution < 1.29 is 19.4 Å². The Morgan fingerprint density at radius 2 is 2.10 bits per heavy atom. The van der Waals surface area contributed by atoms with Gasteiger partial charge in [-0.3, -0.25) is 9.59 Å². The molecule has 0 unspecified atom stereocenters. The molecule has 1 aliphatic rings. The molecule has 0 aliphatic carbocycles. The van der Waals surface area contributed by atoms with Gasteiger partial charge in [-0.05, 0) is 30.5 Å². The van der Waals surface area contributed by atoms with Crippen LogP contribution in [0.2, 0.25) is 0 Å². The lowest BCUT2D eigenvalue weighted by molar-refractivity contribution is -0.134. The van der Waals surface area contributed by atoms with Crippen LogP contribution in [0.4, 0.5) is 5.69 Å². The Hall–Kier alpha value is -1.53. The van der Waals surface area contributed by atoms with Crippen LogP contribution in [0.3, 0.4) is 0 Å². The van der Waals surface area contributed by atoms with Crippen LogP contribution in [0, 0.1) is 5.92 Å². The minimum absolute atomic E-state index is 0.0174. The van der Waals surface area contributed by atoms with Gasteiger partial charge in [0.05, 0.1) is 5.75 Å². The summed E-state index contributed by atoms with van der Waals surface area (Å²) in [5.74, 6) is -0.0623. The van der Waals surface area contributed by atoms with Crippen LogP contribution >= 0.6 is 11.8 Å². The lowest BCUT2D eigenvalue weighted by Gasteiger charge is -2.21. The van der Waals surface area contributed by atoms with Gasteiger partial charge < -0.3 is 15.2 Å². The number of carboxylic acid groups (broad SMARTS) is 1. The molecule has 2 rings (SSSR count).